The van der Waals surface area contributed by atoms with Gasteiger partial charge < -0.3 is 15.5 Å². The Morgan fingerprint density at radius 1 is 1.25 bits per heavy atom. The Morgan fingerprint density at radius 2 is 2.00 bits per heavy atom. The average molecular weight is 270 g/mol. The number of H-pyrrole nitrogens is 1. The third-order valence-corrected chi connectivity index (χ3v) is 3.44. The number of rotatable bonds is 3. The summed E-state index contributed by atoms with van der Waals surface area (Å²) in [6, 6.07) is 7.88. The summed E-state index contributed by atoms with van der Waals surface area (Å²) < 4.78 is 5.74. The lowest BCUT2D eigenvalue weighted by atomic mass is 10.1. The molecule has 0 aliphatic rings. The van der Waals surface area contributed by atoms with Crippen LogP contribution in [0.15, 0.2) is 24.3 Å². The van der Waals surface area contributed by atoms with Crippen molar-refractivity contribution in [2.24, 2.45) is 0 Å². The van der Waals surface area contributed by atoms with Gasteiger partial charge in [0.25, 0.3) is 0 Å². The van der Waals surface area contributed by atoms with Crippen LogP contribution in [0.25, 0.3) is 21.9 Å². The van der Waals surface area contributed by atoms with Crippen molar-refractivity contribution >= 4 is 27.8 Å². The Bertz CT molecular complexity index is 776. The van der Waals surface area contributed by atoms with Gasteiger partial charge in [0.1, 0.15) is 16.9 Å². The molecule has 0 atom stereocenters. The summed E-state index contributed by atoms with van der Waals surface area (Å²) in [4.78, 5) is 12.3. The maximum Gasteiger partial charge on any atom is 0.152 e. The van der Waals surface area contributed by atoms with Gasteiger partial charge in [-0.1, -0.05) is 18.2 Å². The number of anilines is 1. The summed E-state index contributed by atoms with van der Waals surface area (Å²) in [6.07, 6.45) is 0. The summed E-state index contributed by atoms with van der Waals surface area (Å²) in [5.74, 6) is 1.20. The van der Waals surface area contributed by atoms with Gasteiger partial charge in [0.15, 0.2) is 5.82 Å². The van der Waals surface area contributed by atoms with Crippen LogP contribution in [0, 0.1) is 0 Å². The van der Waals surface area contributed by atoms with Gasteiger partial charge in [-0.2, -0.15) is 0 Å². The number of ether oxygens (including phenoxy) is 1. The first-order valence-electron chi connectivity index (χ1n) is 6.71. The van der Waals surface area contributed by atoms with Gasteiger partial charge in [0.2, 0.25) is 0 Å². The van der Waals surface area contributed by atoms with Crippen molar-refractivity contribution in [1.29, 1.82) is 0 Å². The number of aromatic nitrogens is 3. The Balaban J connectivity index is 2.30. The largest absolute Gasteiger partial charge is 0.382 e. The lowest BCUT2D eigenvalue weighted by Crippen LogP contribution is -2.23. The van der Waals surface area contributed by atoms with E-state index in [0.29, 0.717) is 17.9 Å². The summed E-state index contributed by atoms with van der Waals surface area (Å²) in [6.45, 7) is 6.56. The van der Waals surface area contributed by atoms with E-state index in [2.05, 4.69) is 15.0 Å². The number of fused-ring (bicyclic) bond motifs is 3. The topological polar surface area (TPSA) is 76.8 Å². The van der Waals surface area contributed by atoms with E-state index in [-0.39, 0.29) is 0 Å². The van der Waals surface area contributed by atoms with E-state index in [9.17, 15) is 0 Å². The van der Waals surface area contributed by atoms with Crippen molar-refractivity contribution in [2.75, 3.05) is 12.3 Å². The highest BCUT2D eigenvalue weighted by molar-refractivity contribution is 6.06. The van der Waals surface area contributed by atoms with E-state index in [0.717, 1.165) is 22.2 Å². The Kier molecular flexibility index (Phi) is 2.87. The monoisotopic (exact) mass is 270 g/mol. The second kappa shape index (κ2) is 4.45. The van der Waals surface area contributed by atoms with Gasteiger partial charge in [-0.25, -0.2) is 9.97 Å². The van der Waals surface area contributed by atoms with Crippen molar-refractivity contribution < 1.29 is 4.74 Å². The molecular weight excluding hydrogens is 252 g/mol. The molecule has 104 valence electrons. The van der Waals surface area contributed by atoms with Crippen molar-refractivity contribution in [3.63, 3.8) is 0 Å². The third kappa shape index (κ3) is 1.91. The number of nitrogens with one attached hydrogen (secondary N) is 1. The fourth-order valence-corrected chi connectivity index (χ4v) is 2.43. The van der Waals surface area contributed by atoms with E-state index in [1.54, 1.807) is 0 Å². The molecule has 2 heterocycles. The number of nitrogen functional groups attached to an aromatic ring is 1. The van der Waals surface area contributed by atoms with E-state index < -0.39 is 5.60 Å². The lowest BCUT2D eigenvalue weighted by molar-refractivity contribution is -0.0199. The average Bonchev–Trinajstić information content (AvgIpc) is 2.85. The normalized spacial score (nSPS) is 12.3. The maximum absolute atomic E-state index is 6.02. The zero-order valence-corrected chi connectivity index (χ0v) is 11.9. The minimum atomic E-state index is -0.485. The van der Waals surface area contributed by atoms with Crippen molar-refractivity contribution in [3.8, 4) is 0 Å². The van der Waals surface area contributed by atoms with Crippen LogP contribution in [-0.2, 0) is 10.3 Å². The molecule has 5 heteroatoms. The molecule has 5 nitrogen and oxygen atoms in total. The molecule has 20 heavy (non-hydrogen) atoms. The van der Waals surface area contributed by atoms with Crippen molar-refractivity contribution in [1.82, 2.24) is 15.0 Å². The highest BCUT2D eigenvalue weighted by Gasteiger charge is 2.26. The van der Waals surface area contributed by atoms with Crippen molar-refractivity contribution in [3.05, 3.63) is 30.1 Å². The Labute approximate surface area is 117 Å². The quantitative estimate of drug-likeness (QED) is 0.767. The fourth-order valence-electron chi connectivity index (χ4n) is 2.43. The highest BCUT2D eigenvalue weighted by Crippen LogP contribution is 2.30. The number of aromatic amines is 1. The zero-order chi connectivity index (χ0) is 14.3. The molecule has 0 spiro atoms. The van der Waals surface area contributed by atoms with Crippen molar-refractivity contribution in [2.45, 2.75) is 26.4 Å². The van der Waals surface area contributed by atoms with E-state index >= 15 is 0 Å². The van der Waals surface area contributed by atoms with Crippen LogP contribution in [0.5, 0.6) is 0 Å². The van der Waals surface area contributed by atoms with Gasteiger partial charge in [0.05, 0.1) is 11.0 Å². The zero-order valence-electron chi connectivity index (χ0n) is 11.9. The smallest absolute Gasteiger partial charge is 0.152 e. The summed E-state index contributed by atoms with van der Waals surface area (Å²) >= 11 is 0. The number of benzene rings is 1. The fraction of sp³-hybridized carbons (Fsp3) is 0.333. The molecule has 0 bridgehead atoms. The number of para-hydroxylation sites is 1. The molecule has 0 radical (unpaired) electrons. The van der Waals surface area contributed by atoms with E-state index in [1.165, 1.54) is 0 Å². The molecular formula is C15H18N4O. The van der Waals surface area contributed by atoms with Gasteiger partial charge in [-0.05, 0) is 26.8 Å². The molecule has 1 aromatic carbocycles. The summed E-state index contributed by atoms with van der Waals surface area (Å²) in [5, 5.41) is 1.02. The van der Waals surface area contributed by atoms with Crippen LogP contribution in [0.2, 0.25) is 0 Å². The molecule has 0 fully saturated rings. The molecule has 0 amide bonds. The van der Waals surface area contributed by atoms with E-state index in [1.807, 2.05) is 45.0 Å². The first-order chi connectivity index (χ1) is 9.53. The van der Waals surface area contributed by atoms with Gasteiger partial charge in [-0.15, -0.1) is 0 Å². The standard InChI is InChI=1S/C15H18N4O/c1-4-20-15(2,3)14-18-11-9-7-5-6-8-10(9)17-13(16)12(11)19-14/h5-8H,4H2,1-3H3,(H2,16,17)(H,18,19). The van der Waals surface area contributed by atoms with Crippen LogP contribution < -0.4 is 5.73 Å². The molecule has 0 aliphatic heterocycles. The Morgan fingerprint density at radius 3 is 2.75 bits per heavy atom. The molecule has 0 unspecified atom stereocenters. The Hall–Kier alpha value is -2.14. The summed E-state index contributed by atoms with van der Waals surface area (Å²) in [5.41, 5.74) is 8.01. The highest BCUT2D eigenvalue weighted by atomic mass is 16.5. The SMILES string of the molecule is CCOC(C)(C)c1nc2c(N)nc3ccccc3c2[nH]1. The number of pyridine rings is 1. The predicted molar refractivity (Wildman–Crippen MR) is 80.5 cm³/mol. The van der Waals surface area contributed by atoms with E-state index in [4.69, 9.17) is 10.5 Å². The first kappa shape index (κ1) is 12.9. The predicted octanol–water partition coefficient (Wildman–Crippen LogP) is 2.96. The first-order valence-corrected chi connectivity index (χ1v) is 6.71. The molecule has 3 N–H and O–H groups in total. The molecule has 0 aliphatic carbocycles. The number of hydrogen-bond donors (Lipinski definition) is 2. The second-order valence-electron chi connectivity index (χ2n) is 5.27. The number of imidazole rings is 1. The van der Waals surface area contributed by atoms with Crippen LogP contribution in [0.1, 0.15) is 26.6 Å². The number of nitrogens with two attached hydrogens (primary N) is 1. The van der Waals surface area contributed by atoms with Crippen LogP contribution in [-0.4, -0.2) is 21.6 Å². The van der Waals surface area contributed by atoms with Crippen LogP contribution >= 0.6 is 0 Å². The maximum atomic E-state index is 6.02. The van der Waals surface area contributed by atoms with Crippen LogP contribution in [0.3, 0.4) is 0 Å². The lowest BCUT2D eigenvalue weighted by Gasteiger charge is -2.21. The van der Waals surface area contributed by atoms with Gasteiger partial charge >= 0.3 is 0 Å². The van der Waals surface area contributed by atoms with Gasteiger partial charge in [0, 0.05) is 12.0 Å². The minimum absolute atomic E-state index is 0.438. The second-order valence-corrected chi connectivity index (χ2v) is 5.27. The molecule has 3 rings (SSSR count). The third-order valence-electron chi connectivity index (χ3n) is 3.44. The summed E-state index contributed by atoms with van der Waals surface area (Å²) in [7, 11) is 0. The molecule has 2 aromatic heterocycles. The van der Waals surface area contributed by atoms with Crippen LogP contribution in [0.4, 0.5) is 5.82 Å². The molecule has 0 saturated carbocycles. The van der Waals surface area contributed by atoms with Gasteiger partial charge in [-0.3, -0.25) is 0 Å². The molecule has 0 saturated heterocycles. The number of hydrogen-bond acceptors (Lipinski definition) is 4. The minimum Gasteiger partial charge on any atom is -0.382 e. The molecule has 3 aromatic rings. The number of nitrogens with zero attached hydrogens (tertiary/aromatic N) is 2.